The lowest BCUT2D eigenvalue weighted by Crippen LogP contribution is -2.42. The number of aryl methyl sites for hydroxylation is 1. The summed E-state index contributed by atoms with van der Waals surface area (Å²) in [6, 6.07) is 3.25. The number of amides is 1. The SMILES string of the molecule is Cc1ccc(S(=O)(=O)N2CCCCC2C)cc1C(=O)NC(C)C(=O)O. The van der Waals surface area contributed by atoms with Crippen molar-refractivity contribution in [3.05, 3.63) is 29.3 Å². The van der Waals surface area contributed by atoms with E-state index in [1.807, 2.05) is 6.92 Å². The lowest BCUT2D eigenvalue weighted by Gasteiger charge is -2.32. The number of nitrogens with zero attached hydrogens (tertiary/aromatic N) is 1. The Morgan fingerprint density at radius 3 is 2.60 bits per heavy atom. The molecule has 1 saturated heterocycles. The molecule has 1 fully saturated rings. The van der Waals surface area contributed by atoms with Crippen molar-refractivity contribution < 1.29 is 23.1 Å². The third kappa shape index (κ3) is 4.19. The molecule has 8 heteroatoms. The van der Waals surface area contributed by atoms with Gasteiger partial charge in [0, 0.05) is 18.2 Å². The van der Waals surface area contributed by atoms with E-state index < -0.39 is 27.9 Å². The number of aliphatic carboxylic acids is 1. The van der Waals surface area contributed by atoms with Crippen molar-refractivity contribution in [2.75, 3.05) is 6.54 Å². The third-order valence-corrected chi connectivity index (χ3v) is 6.53. The topological polar surface area (TPSA) is 104 Å². The molecule has 0 aromatic heterocycles. The van der Waals surface area contributed by atoms with Crippen LogP contribution in [-0.2, 0) is 14.8 Å². The highest BCUT2D eigenvalue weighted by Gasteiger charge is 2.31. The van der Waals surface area contributed by atoms with Crippen molar-refractivity contribution in [1.82, 2.24) is 9.62 Å². The van der Waals surface area contributed by atoms with Gasteiger partial charge in [0.1, 0.15) is 6.04 Å². The fourth-order valence-corrected chi connectivity index (χ4v) is 4.63. The first-order valence-electron chi connectivity index (χ1n) is 8.30. The standard InChI is InChI=1S/C17H24N2O5S/c1-11-7-8-14(10-15(11)16(20)18-13(3)17(21)22)25(23,24)19-9-5-4-6-12(19)2/h7-8,10,12-13H,4-6,9H2,1-3H3,(H,18,20)(H,21,22). The average Bonchev–Trinajstić information content (AvgIpc) is 2.54. The number of carbonyl (C=O) groups excluding carboxylic acids is 1. The first kappa shape index (κ1) is 19.4. The number of hydrogen-bond acceptors (Lipinski definition) is 4. The highest BCUT2D eigenvalue weighted by Crippen LogP contribution is 2.26. The summed E-state index contributed by atoms with van der Waals surface area (Å²) in [5, 5.41) is 11.3. The Kier molecular flexibility index (Phi) is 5.84. The van der Waals surface area contributed by atoms with Crippen LogP contribution >= 0.6 is 0 Å². The van der Waals surface area contributed by atoms with E-state index in [1.54, 1.807) is 13.0 Å². The second-order valence-electron chi connectivity index (χ2n) is 6.47. The molecule has 25 heavy (non-hydrogen) atoms. The summed E-state index contributed by atoms with van der Waals surface area (Å²) in [5.74, 6) is -1.76. The third-order valence-electron chi connectivity index (χ3n) is 4.52. The van der Waals surface area contributed by atoms with Crippen molar-refractivity contribution in [2.24, 2.45) is 0 Å². The van der Waals surface area contributed by atoms with E-state index in [1.165, 1.54) is 23.4 Å². The summed E-state index contributed by atoms with van der Waals surface area (Å²) >= 11 is 0. The van der Waals surface area contributed by atoms with Gasteiger partial charge in [-0.05, 0) is 51.3 Å². The number of carboxylic acid groups (broad SMARTS) is 1. The van der Waals surface area contributed by atoms with Gasteiger partial charge < -0.3 is 10.4 Å². The van der Waals surface area contributed by atoms with Crippen LogP contribution in [0.2, 0.25) is 0 Å². The van der Waals surface area contributed by atoms with Crippen LogP contribution in [0, 0.1) is 6.92 Å². The Hall–Kier alpha value is -1.93. The molecule has 2 atom stereocenters. The zero-order valence-electron chi connectivity index (χ0n) is 14.7. The molecule has 138 valence electrons. The summed E-state index contributed by atoms with van der Waals surface area (Å²) < 4.78 is 27.3. The zero-order chi connectivity index (χ0) is 18.8. The largest absolute Gasteiger partial charge is 0.480 e. The first-order chi connectivity index (χ1) is 11.6. The van der Waals surface area contributed by atoms with Gasteiger partial charge in [-0.1, -0.05) is 12.5 Å². The minimum atomic E-state index is -3.69. The lowest BCUT2D eigenvalue weighted by atomic mass is 10.1. The molecule has 0 spiro atoms. The van der Waals surface area contributed by atoms with Gasteiger partial charge in [0.15, 0.2) is 0 Å². The Morgan fingerprint density at radius 2 is 2.00 bits per heavy atom. The number of carboxylic acids is 1. The summed E-state index contributed by atoms with van der Waals surface area (Å²) in [6.45, 7) is 5.38. The molecular weight excluding hydrogens is 344 g/mol. The van der Waals surface area contributed by atoms with Crippen molar-refractivity contribution in [1.29, 1.82) is 0 Å². The number of nitrogens with one attached hydrogen (secondary N) is 1. The Labute approximate surface area is 148 Å². The van der Waals surface area contributed by atoms with Gasteiger partial charge in [-0.25, -0.2) is 8.42 Å². The number of sulfonamides is 1. The maximum atomic E-state index is 12.9. The number of piperidine rings is 1. The predicted octanol–water partition coefficient (Wildman–Crippen LogP) is 1.76. The van der Waals surface area contributed by atoms with E-state index in [9.17, 15) is 18.0 Å². The minimum absolute atomic E-state index is 0.0555. The van der Waals surface area contributed by atoms with Crippen LogP contribution in [0.15, 0.2) is 23.1 Å². The van der Waals surface area contributed by atoms with Crippen molar-refractivity contribution in [3.63, 3.8) is 0 Å². The molecule has 1 heterocycles. The summed E-state index contributed by atoms with van der Waals surface area (Å²) in [6.07, 6.45) is 2.63. The average molecular weight is 368 g/mol. The zero-order valence-corrected chi connectivity index (χ0v) is 15.5. The maximum Gasteiger partial charge on any atom is 0.325 e. The van der Waals surface area contributed by atoms with Crippen molar-refractivity contribution >= 4 is 21.9 Å². The number of hydrogen-bond donors (Lipinski definition) is 2. The Morgan fingerprint density at radius 1 is 1.32 bits per heavy atom. The summed E-state index contributed by atoms with van der Waals surface area (Å²) in [7, 11) is -3.69. The molecule has 0 saturated carbocycles. The van der Waals surface area contributed by atoms with E-state index in [0.29, 0.717) is 12.1 Å². The van der Waals surface area contributed by atoms with Gasteiger partial charge in [0.2, 0.25) is 10.0 Å². The van der Waals surface area contributed by atoms with Crippen molar-refractivity contribution in [3.8, 4) is 0 Å². The van der Waals surface area contributed by atoms with Gasteiger partial charge in [0.25, 0.3) is 5.91 Å². The van der Waals surface area contributed by atoms with Crippen LogP contribution in [0.1, 0.15) is 49.0 Å². The Bertz CT molecular complexity index is 775. The van der Waals surface area contributed by atoms with Crippen LogP contribution in [0.25, 0.3) is 0 Å². The molecule has 1 aromatic carbocycles. The molecule has 1 aliphatic rings. The molecule has 2 N–H and O–H groups in total. The fourth-order valence-electron chi connectivity index (χ4n) is 2.91. The Balaban J connectivity index is 2.34. The van der Waals surface area contributed by atoms with Crippen LogP contribution in [0.3, 0.4) is 0 Å². The molecular formula is C17H24N2O5S. The fraction of sp³-hybridized carbons (Fsp3) is 0.529. The van der Waals surface area contributed by atoms with Gasteiger partial charge in [0.05, 0.1) is 4.90 Å². The van der Waals surface area contributed by atoms with E-state index in [-0.39, 0.29) is 16.5 Å². The quantitative estimate of drug-likeness (QED) is 0.824. The molecule has 2 rings (SSSR count). The molecule has 7 nitrogen and oxygen atoms in total. The van der Waals surface area contributed by atoms with Gasteiger partial charge in [-0.15, -0.1) is 0 Å². The molecule has 0 radical (unpaired) electrons. The molecule has 1 aromatic rings. The number of rotatable bonds is 5. The van der Waals surface area contributed by atoms with Crippen LogP contribution in [0.5, 0.6) is 0 Å². The first-order valence-corrected chi connectivity index (χ1v) is 9.74. The predicted molar refractivity (Wildman–Crippen MR) is 92.9 cm³/mol. The van der Waals surface area contributed by atoms with Gasteiger partial charge >= 0.3 is 5.97 Å². The summed E-state index contributed by atoms with van der Waals surface area (Å²) in [5.41, 5.74) is 0.750. The van der Waals surface area contributed by atoms with E-state index in [2.05, 4.69) is 5.32 Å². The monoisotopic (exact) mass is 368 g/mol. The van der Waals surface area contributed by atoms with Crippen molar-refractivity contribution in [2.45, 2.75) is 57.0 Å². The maximum absolute atomic E-state index is 12.9. The lowest BCUT2D eigenvalue weighted by molar-refractivity contribution is -0.138. The van der Waals surface area contributed by atoms with Crippen LogP contribution < -0.4 is 5.32 Å². The smallest absolute Gasteiger partial charge is 0.325 e. The molecule has 0 aliphatic carbocycles. The highest BCUT2D eigenvalue weighted by atomic mass is 32.2. The molecule has 2 unspecified atom stereocenters. The highest BCUT2D eigenvalue weighted by molar-refractivity contribution is 7.89. The van der Waals surface area contributed by atoms with Crippen LogP contribution in [-0.4, -0.2) is 48.3 Å². The molecule has 1 amide bonds. The van der Waals surface area contributed by atoms with E-state index in [4.69, 9.17) is 5.11 Å². The normalized spacial score (nSPS) is 20.0. The number of carbonyl (C=O) groups is 2. The molecule has 1 aliphatic heterocycles. The number of benzene rings is 1. The molecule has 0 bridgehead atoms. The minimum Gasteiger partial charge on any atom is -0.480 e. The second kappa shape index (κ2) is 7.53. The van der Waals surface area contributed by atoms with E-state index in [0.717, 1.165) is 19.3 Å². The van der Waals surface area contributed by atoms with Crippen LogP contribution in [0.4, 0.5) is 0 Å². The second-order valence-corrected chi connectivity index (χ2v) is 8.36. The van der Waals surface area contributed by atoms with Gasteiger partial charge in [-0.2, -0.15) is 4.31 Å². The van der Waals surface area contributed by atoms with Gasteiger partial charge in [-0.3, -0.25) is 9.59 Å². The van der Waals surface area contributed by atoms with E-state index >= 15 is 0 Å². The summed E-state index contributed by atoms with van der Waals surface area (Å²) in [4.78, 5) is 23.3.